The molecule has 0 aliphatic carbocycles. The lowest BCUT2D eigenvalue weighted by atomic mass is 9.94. The van der Waals surface area contributed by atoms with Gasteiger partial charge in [0.05, 0.1) is 21.4 Å². The van der Waals surface area contributed by atoms with Crippen molar-refractivity contribution < 1.29 is 28.0 Å². The monoisotopic (exact) mass is 493 g/mol. The molecule has 0 aromatic heterocycles. The van der Waals surface area contributed by atoms with Crippen molar-refractivity contribution in [3.63, 3.8) is 0 Å². The number of hydrogen-bond acceptors (Lipinski definition) is 7. The maximum Gasteiger partial charge on any atom is 0.300 e. The molecule has 10 nitrogen and oxygen atoms in total. The summed E-state index contributed by atoms with van der Waals surface area (Å²) < 4.78 is 23.3. The number of anilines is 1. The molecule has 1 fully saturated rings. The summed E-state index contributed by atoms with van der Waals surface area (Å²) in [6, 6.07) is 15.7. The number of nitro groups is 1. The zero-order valence-corrected chi connectivity index (χ0v) is 19.1. The van der Waals surface area contributed by atoms with Gasteiger partial charge in [0.15, 0.2) is 0 Å². The molecule has 3 aromatic rings. The SMILES string of the molecule is Cc1ccc(C(O)=C2C(=O)C(=O)N(c3ccc(S(N)(=O)=O)cc3)[C@@H]2c2cccc([N+](=O)[O-])c2)cc1. The first-order valence-electron chi connectivity index (χ1n) is 10.2. The number of aryl methyl sites for hydroxylation is 1. The minimum absolute atomic E-state index is 0.138. The van der Waals surface area contributed by atoms with E-state index in [1.807, 2.05) is 6.92 Å². The summed E-state index contributed by atoms with van der Waals surface area (Å²) in [6.07, 6.45) is 0. The summed E-state index contributed by atoms with van der Waals surface area (Å²) in [4.78, 5) is 37.9. The van der Waals surface area contributed by atoms with Gasteiger partial charge in [-0.3, -0.25) is 24.6 Å². The first-order chi connectivity index (χ1) is 16.5. The lowest BCUT2D eigenvalue weighted by Gasteiger charge is -2.25. The molecule has 35 heavy (non-hydrogen) atoms. The number of sulfonamides is 1. The molecule has 4 rings (SSSR count). The van der Waals surface area contributed by atoms with Gasteiger partial charge in [-0.25, -0.2) is 13.6 Å². The fourth-order valence-electron chi connectivity index (χ4n) is 3.89. The third-order valence-corrected chi connectivity index (χ3v) is 6.54. The van der Waals surface area contributed by atoms with Gasteiger partial charge >= 0.3 is 0 Å². The summed E-state index contributed by atoms with van der Waals surface area (Å²) in [5.41, 5.74) is 1.02. The third-order valence-electron chi connectivity index (χ3n) is 5.61. The predicted octanol–water partition coefficient (Wildman–Crippen LogP) is 3.18. The van der Waals surface area contributed by atoms with E-state index in [9.17, 15) is 33.2 Å². The Morgan fingerprint density at radius 2 is 1.66 bits per heavy atom. The molecule has 11 heteroatoms. The Kier molecular flexibility index (Phi) is 5.97. The Labute approximate surface area is 200 Å². The van der Waals surface area contributed by atoms with E-state index in [0.717, 1.165) is 10.5 Å². The van der Waals surface area contributed by atoms with Gasteiger partial charge in [-0.2, -0.15) is 0 Å². The van der Waals surface area contributed by atoms with E-state index in [1.54, 1.807) is 24.3 Å². The van der Waals surface area contributed by atoms with Crippen LogP contribution in [0.25, 0.3) is 5.76 Å². The number of nitrogens with two attached hydrogens (primary N) is 1. The van der Waals surface area contributed by atoms with Crippen LogP contribution in [-0.2, 0) is 19.6 Å². The Morgan fingerprint density at radius 3 is 2.23 bits per heavy atom. The van der Waals surface area contributed by atoms with Crippen molar-refractivity contribution in [3.8, 4) is 0 Å². The first kappa shape index (κ1) is 23.8. The number of carbonyl (C=O) groups is 2. The topological polar surface area (TPSA) is 161 Å². The van der Waals surface area contributed by atoms with Gasteiger partial charge in [0.1, 0.15) is 5.76 Å². The van der Waals surface area contributed by atoms with E-state index in [2.05, 4.69) is 0 Å². The second-order valence-corrected chi connectivity index (χ2v) is 9.49. The molecule has 178 valence electrons. The summed E-state index contributed by atoms with van der Waals surface area (Å²) >= 11 is 0. The van der Waals surface area contributed by atoms with Crippen LogP contribution in [0.4, 0.5) is 11.4 Å². The van der Waals surface area contributed by atoms with Crippen LogP contribution in [0.3, 0.4) is 0 Å². The molecule has 1 saturated heterocycles. The van der Waals surface area contributed by atoms with Crippen molar-refractivity contribution >= 4 is 38.8 Å². The first-order valence-corrected chi connectivity index (χ1v) is 11.8. The smallest absolute Gasteiger partial charge is 0.300 e. The number of rotatable bonds is 5. The van der Waals surface area contributed by atoms with Crippen molar-refractivity contribution in [1.82, 2.24) is 0 Å². The van der Waals surface area contributed by atoms with Crippen LogP contribution >= 0.6 is 0 Å². The van der Waals surface area contributed by atoms with E-state index in [-0.39, 0.29) is 33.0 Å². The van der Waals surface area contributed by atoms with Gasteiger partial charge in [-0.15, -0.1) is 0 Å². The lowest BCUT2D eigenvalue weighted by Crippen LogP contribution is -2.29. The maximum atomic E-state index is 13.1. The van der Waals surface area contributed by atoms with Gasteiger partial charge < -0.3 is 5.11 Å². The van der Waals surface area contributed by atoms with Crippen molar-refractivity contribution in [3.05, 3.63) is 105 Å². The number of Topliss-reactive ketones (excluding diaryl/α,β-unsaturated/α-hetero) is 1. The van der Waals surface area contributed by atoms with Crippen LogP contribution in [0.2, 0.25) is 0 Å². The molecule has 0 bridgehead atoms. The summed E-state index contributed by atoms with van der Waals surface area (Å²) in [5.74, 6) is -2.42. The average molecular weight is 493 g/mol. The van der Waals surface area contributed by atoms with Crippen molar-refractivity contribution in [1.29, 1.82) is 0 Å². The minimum atomic E-state index is -4.01. The number of ketones is 1. The second kappa shape index (κ2) is 8.78. The highest BCUT2D eigenvalue weighted by Crippen LogP contribution is 2.43. The number of carbonyl (C=O) groups excluding carboxylic acids is 2. The molecule has 3 aromatic carbocycles. The number of nitrogens with zero attached hydrogens (tertiary/aromatic N) is 2. The molecular formula is C24H19N3O7S. The number of aliphatic hydroxyl groups is 1. The zero-order chi connectivity index (χ0) is 25.5. The van der Waals surface area contributed by atoms with Gasteiger partial charge in [0.2, 0.25) is 10.0 Å². The van der Waals surface area contributed by atoms with Crippen LogP contribution in [0.5, 0.6) is 0 Å². The molecule has 1 amide bonds. The molecule has 0 unspecified atom stereocenters. The fourth-order valence-corrected chi connectivity index (χ4v) is 4.40. The molecular weight excluding hydrogens is 474 g/mol. The van der Waals surface area contributed by atoms with E-state index in [0.29, 0.717) is 0 Å². The number of benzene rings is 3. The number of hydrogen-bond donors (Lipinski definition) is 2. The van der Waals surface area contributed by atoms with E-state index < -0.39 is 38.4 Å². The summed E-state index contributed by atoms with van der Waals surface area (Å²) in [6.45, 7) is 1.84. The summed E-state index contributed by atoms with van der Waals surface area (Å²) in [5, 5.41) is 27.6. The van der Waals surface area contributed by atoms with Gasteiger partial charge in [-0.05, 0) is 36.8 Å². The number of amides is 1. The van der Waals surface area contributed by atoms with Crippen molar-refractivity contribution in [2.24, 2.45) is 5.14 Å². The Morgan fingerprint density at radius 1 is 1.03 bits per heavy atom. The number of primary sulfonamides is 1. The van der Waals surface area contributed by atoms with Crippen molar-refractivity contribution in [2.45, 2.75) is 17.9 Å². The normalized spacial score (nSPS) is 17.5. The van der Waals surface area contributed by atoms with Crippen molar-refractivity contribution in [2.75, 3.05) is 4.90 Å². The minimum Gasteiger partial charge on any atom is -0.507 e. The highest BCUT2D eigenvalue weighted by atomic mass is 32.2. The highest BCUT2D eigenvalue weighted by molar-refractivity contribution is 7.89. The molecule has 1 heterocycles. The van der Waals surface area contributed by atoms with E-state index in [1.165, 1.54) is 48.5 Å². The van der Waals surface area contributed by atoms with E-state index >= 15 is 0 Å². The summed E-state index contributed by atoms with van der Waals surface area (Å²) in [7, 11) is -4.01. The Hall–Kier alpha value is -4.35. The van der Waals surface area contributed by atoms with Crippen LogP contribution < -0.4 is 10.0 Å². The maximum absolute atomic E-state index is 13.1. The fraction of sp³-hybridized carbons (Fsp3) is 0.0833. The van der Waals surface area contributed by atoms with Crippen LogP contribution in [0.15, 0.2) is 83.3 Å². The third kappa shape index (κ3) is 4.42. The predicted molar refractivity (Wildman–Crippen MR) is 127 cm³/mol. The van der Waals surface area contributed by atoms with E-state index in [4.69, 9.17) is 5.14 Å². The quantitative estimate of drug-likeness (QED) is 0.181. The zero-order valence-electron chi connectivity index (χ0n) is 18.3. The molecule has 0 saturated carbocycles. The molecule has 0 radical (unpaired) electrons. The largest absolute Gasteiger partial charge is 0.507 e. The Balaban J connectivity index is 1.95. The van der Waals surface area contributed by atoms with Gasteiger partial charge in [0, 0.05) is 23.4 Å². The molecule has 0 spiro atoms. The lowest BCUT2D eigenvalue weighted by molar-refractivity contribution is -0.384. The molecule has 1 atom stereocenters. The second-order valence-electron chi connectivity index (χ2n) is 7.93. The van der Waals surface area contributed by atoms with Crippen LogP contribution in [-0.4, -0.2) is 30.1 Å². The number of nitro benzene ring substituents is 1. The number of non-ortho nitro benzene ring substituents is 1. The Bertz CT molecular complexity index is 1490. The highest BCUT2D eigenvalue weighted by Gasteiger charge is 2.47. The molecule has 3 N–H and O–H groups in total. The van der Waals surface area contributed by atoms with Gasteiger partial charge in [0.25, 0.3) is 17.4 Å². The van der Waals surface area contributed by atoms with Crippen LogP contribution in [0, 0.1) is 17.0 Å². The number of aliphatic hydroxyl groups excluding tert-OH is 1. The molecule has 1 aliphatic heterocycles. The molecule has 1 aliphatic rings. The van der Waals surface area contributed by atoms with Gasteiger partial charge in [-0.1, -0.05) is 42.0 Å². The standard InChI is InChI=1S/C24H19N3O7S/c1-14-5-7-15(8-6-14)22(28)20-21(16-3-2-4-18(13-16)27(31)32)26(24(30)23(20)29)17-9-11-19(12-10-17)35(25,33)34/h2-13,21,28H,1H3,(H2,25,33,34)/t21-/m1/s1. The van der Waals surface area contributed by atoms with Crippen LogP contribution in [0.1, 0.15) is 22.7 Å². The average Bonchev–Trinajstić information content (AvgIpc) is 3.09.